The highest BCUT2D eigenvalue weighted by molar-refractivity contribution is 6.36. The largest absolute Gasteiger partial charge is 0.392 e. The highest BCUT2D eigenvalue weighted by Crippen LogP contribution is 2.23. The van der Waals surface area contributed by atoms with Gasteiger partial charge in [-0.15, -0.1) is 0 Å². The van der Waals surface area contributed by atoms with Gasteiger partial charge in [-0.1, -0.05) is 41.4 Å². The predicted octanol–water partition coefficient (Wildman–Crippen LogP) is 3.45. The number of aliphatic hydroxyl groups excluding tert-OH is 1. The van der Waals surface area contributed by atoms with Crippen LogP contribution in [0.2, 0.25) is 0 Å². The van der Waals surface area contributed by atoms with Gasteiger partial charge in [-0.05, 0) is 6.07 Å². The normalized spacial score (nSPS) is 12.3. The fourth-order valence-electron chi connectivity index (χ4n) is 1.78. The summed E-state index contributed by atoms with van der Waals surface area (Å²) in [7, 11) is 0. The maximum absolute atomic E-state index is 9.25. The minimum atomic E-state index is 0.0235. The zero-order valence-corrected chi connectivity index (χ0v) is 10.0. The molecule has 0 aliphatic heterocycles. The van der Waals surface area contributed by atoms with E-state index in [1.165, 1.54) is 5.54 Å². The van der Waals surface area contributed by atoms with Gasteiger partial charge >= 0.3 is 0 Å². The molecular formula is C12H11Cl2NO. The van der Waals surface area contributed by atoms with E-state index in [9.17, 15) is 5.11 Å². The SMILES string of the molecule is OCc1cn(CC(Cl)=CCl)c2ccccc12. The van der Waals surface area contributed by atoms with E-state index in [0.29, 0.717) is 11.6 Å². The standard InChI is InChI=1S/C12H11Cl2NO/c13-5-10(14)7-15-6-9(8-16)11-3-1-2-4-12(11)15/h1-6,16H,7-8H2. The summed E-state index contributed by atoms with van der Waals surface area (Å²) in [6, 6.07) is 7.88. The second-order valence-corrected chi connectivity index (χ2v) is 4.22. The van der Waals surface area contributed by atoms with Gasteiger partial charge in [0, 0.05) is 33.2 Å². The monoisotopic (exact) mass is 255 g/mol. The summed E-state index contributed by atoms with van der Waals surface area (Å²) >= 11 is 11.4. The van der Waals surface area contributed by atoms with Crippen molar-refractivity contribution >= 4 is 34.1 Å². The van der Waals surface area contributed by atoms with Gasteiger partial charge in [0.1, 0.15) is 0 Å². The van der Waals surface area contributed by atoms with E-state index in [1.807, 2.05) is 35.0 Å². The molecule has 0 spiro atoms. The van der Waals surface area contributed by atoms with E-state index in [2.05, 4.69) is 0 Å². The lowest BCUT2D eigenvalue weighted by Crippen LogP contribution is -1.95. The van der Waals surface area contributed by atoms with Gasteiger partial charge in [-0.2, -0.15) is 0 Å². The summed E-state index contributed by atoms with van der Waals surface area (Å²) in [5.41, 5.74) is 3.30. The summed E-state index contributed by atoms with van der Waals surface area (Å²) < 4.78 is 1.97. The number of benzene rings is 1. The van der Waals surface area contributed by atoms with Gasteiger partial charge < -0.3 is 9.67 Å². The van der Waals surface area contributed by atoms with Crippen LogP contribution in [0.15, 0.2) is 41.0 Å². The van der Waals surface area contributed by atoms with Crippen molar-refractivity contribution in [3.8, 4) is 0 Å². The second-order valence-electron chi connectivity index (χ2n) is 3.51. The van der Waals surface area contributed by atoms with Crippen molar-refractivity contribution in [3.63, 3.8) is 0 Å². The van der Waals surface area contributed by atoms with Crippen molar-refractivity contribution in [1.29, 1.82) is 0 Å². The Bertz CT molecular complexity index is 531. The lowest BCUT2D eigenvalue weighted by atomic mass is 10.2. The van der Waals surface area contributed by atoms with Gasteiger partial charge in [0.25, 0.3) is 0 Å². The molecule has 0 atom stereocenters. The number of hydrogen-bond donors (Lipinski definition) is 1. The Kier molecular flexibility index (Phi) is 3.54. The Morgan fingerprint density at radius 1 is 1.38 bits per heavy atom. The molecule has 0 aliphatic carbocycles. The van der Waals surface area contributed by atoms with Crippen LogP contribution in [0, 0.1) is 0 Å². The lowest BCUT2D eigenvalue weighted by Gasteiger charge is -2.02. The summed E-state index contributed by atoms with van der Waals surface area (Å²) in [5, 5.41) is 10.9. The molecule has 0 saturated carbocycles. The molecule has 16 heavy (non-hydrogen) atoms. The van der Waals surface area contributed by atoms with Crippen LogP contribution in [0.5, 0.6) is 0 Å². The van der Waals surface area contributed by atoms with Crippen LogP contribution in [-0.2, 0) is 13.2 Å². The van der Waals surface area contributed by atoms with Crippen LogP contribution >= 0.6 is 23.2 Å². The first kappa shape index (κ1) is 11.5. The zero-order valence-electron chi connectivity index (χ0n) is 8.53. The molecule has 1 N–H and O–H groups in total. The average molecular weight is 256 g/mol. The van der Waals surface area contributed by atoms with Crippen molar-refractivity contribution in [2.24, 2.45) is 0 Å². The molecule has 0 fully saturated rings. The van der Waals surface area contributed by atoms with E-state index >= 15 is 0 Å². The molecule has 0 radical (unpaired) electrons. The molecule has 84 valence electrons. The van der Waals surface area contributed by atoms with Crippen LogP contribution in [0.4, 0.5) is 0 Å². The summed E-state index contributed by atoms with van der Waals surface area (Å²) in [5.74, 6) is 0. The zero-order chi connectivity index (χ0) is 11.5. The van der Waals surface area contributed by atoms with Crippen LogP contribution < -0.4 is 0 Å². The van der Waals surface area contributed by atoms with Gasteiger partial charge in [-0.25, -0.2) is 0 Å². The molecule has 0 unspecified atom stereocenters. The topological polar surface area (TPSA) is 25.2 Å². The van der Waals surface area contributed by atoms with Crippen molar-refractivity contribution < 1.29 is 5.11 Å². The number of fused-ring (bicyclic) bond motifs is 1. The second kappa shape index (κ2) is 4.91. The molecule has 0 aliphatic rings. The molecular weight excluding hydrogens is 245 g/mol. The third kappa shape index (κ3) is 2.09. The van der Waals surface area contributed by atoms with E-state index in [-0.39, 0.29) is 6.61 Å². The Morgan fingerprint density at radius 2 is 2.12 bits per heavy atom. The Labute approximate surface area is 104 Å². The van der Waals surface area contributed by atoms with Gasteiger partial charge in [-0.3, -0.25) is 0 Å². The lowest BCUT2D eigenvalue weighted by molar-refractivity contribution is 0.283. The molecule has 1 aromatic heterocycles. The first-order valence-electron chi connectivity index (χ1n) is 4.88. The Morgan fingerprint density at radius 3 is 2.81 bits per heavy atom. The quantitative estimate of drug-likeness (QED) is 0.893. The first-order valence-corrected chi connectivity index (χ1v) is 5.70. The number of nitrogens with zero attached hydrogens (tertiary/aromatic N) is 1. The minimum absolute atomic E-state index is 0.0235. The third-order valence-electron chi connectivity index (χ3n) is 2.48. The summed E-state index contributed by atoms with van der Waals surface area (Å²) in [6.45, 7) is 0.543. The molecule has 0 amide bonds. The molecule has 0 saturated heterocycles. The molecule has 2 nitrogen and oxygen atoms in total. The van der Waals surface area contributed by atoms with Crippen LogP contribution in [0.3, 0.4) is 0 Å². The fraction of sp³-hybridized carbons (Fsp3) is 0.167. The van der Waals surface area contributed by atoms with Gasteiger partial charge in [0.2, 0.25) is 0 Å². The first-order chi connectivity index (χ1) is 7.76. The van der Waals surface area contributed by atoms with Crippen molar-refractivity contribution in [3.05, 3.63) is 46.6 Å². The molecule has 4 heteroatoms. The van der Waals surface area contributed by atoms with Gasteiger partial charge in [0.15, 0.2) is 0 Å². The minimum Gasteiger partial charge on any atom is -0.392 e. The smallest absolute Gasteiger partial charge is 0.0702 e. The van der Waals surface area contributed by atoms with Crippen LogP contribution in [0.25, 0.3) is 10.9 Å². The van der Waals surface area contributed by atoms with Crippen LogP contribution in [-0.4, -0.2) is 9.67 Å². The van der Waals surface area contributed by atoms with E-state index in [1.54, 1.807) is 0 Å². The van der Waals surface area contributed by atoms with E-state index < -0.39 is 0 Å². The van der Waals surface area contributed by atoms with Crippen molar-refractivity contribution in [1.82, 2.24) is 4.57 Å². The van der Waals surface area contributed by atoms with Crippen LogP contribution in [0.1, 0.15) is 5.56 Å². The third-order valence-corrected chi connectivity index (χ3v) is 3.08. The molecule has 2 aromatic rings. The highest BCUT2D eigenvalue weighted by Gasteiger charge is 2.07. The number of aromatic nitrogens is 1. The number of aliphatic hydroxyl groups is 1. The fourth-order valence-corrected chi connectivity index (χ4v) is 1.97. The Hall–Kier alpha value is -0.960. The molecule has 0 bridgehead atoms. The Balaban J connectivity index is 2.53. The average Bonchev–Trinajstić information content (AvgIpc) is 2.68. The number of hydrogen-bond acceptors (Lipinski definition) is 1. The summed E-state index contributed by atoms with van der Waals surface area (Å²) in [6.07, 6.45) is 1.90. The van der Waals surface area contributed by atoms with Crippen molar-refractivity contribution in [2.45, 2.75) is 13.2 Å². The predicted molar refractivity (Wildman–Crippen MR) is 67.6 cm³/mol. The van der Waals surface area contributed by atoms with Gasteiger partial charge in [0.05, 0.1) is 13.2 Å². The van der Waals surface area contributed by atoms with Crippen molar-refractivity contribution in [2.75, 3.05) is 0 Å². The molecule has 1 heterocycles. The highest BCUT2D eigenvalue weighted by atomic mass is 35.5. The molecule has 2 rings (SSSR count). The number of halogens is 2. The number of para-hydroxylation sites is 1. The summed E-state index contributed by atoms with van der Waals surface area (Å²) in [4.78, 5) is 0. The molecule has 1 aromatic carbocycles. The number of allylic oxidation sites excluding steroid dienone is 1. The maximum Gasteiger partial charge on any atom is 0.0702 e. The maximum atomic E-state index is 9.25. The number of rotatable bonds is 3. The van der Waals surface area contributed by atoms with E-state index in [4.69, 9.17) is 23.2 Å². The van der Waals surface area contributed by atoms with E-state index in [0.717, 1.165) is 16.5 Å².